The summed E-state index contributed by atoms with van der Waals surface area (Å²) in [6.07, 6.45) is 3.60. The van der Waals surface area contributed by atoms with Crippen LogP contribution in [0.4, 0.5) is 0 Å². The lowest BCUT2D eigenvalue weighted by molar-refractivity contribution is 0.414. The molecule has 0 aliphatic heterocycles. The van der Waals surface area contributed by atoms with Gasteiger partial charge in [-0.3, -0.25) is 9.78 Å². The Hall–Kier alpha value is -3.02. The highest BCUT2D eigenvalue weighted by atomic mass is 16.5. The molecule has 2 aromatic heterocycles. The number of aromatic nitrogens is 2. The number of phenolic OH excluding ortho intramolecular Hbond substituents is 1. The third kappa shape index (κ3) is 3.35. The standard InChI is InChI=1S/C20H22N2O4/c1-11(2)18-19(24)14(6-7-21-18)8-12(3)13-4-5-15(17(23)9-13)16-10-26-22-20(16)25/h4-7,9-12,23-24H,8H2,1-3H3,(H,22,25)/t12-/m0/s1. The molecule has 6 heteroatoms. The number of rotatable bonds is 5. The van der Waals surface area contributed by atoms with E-state index in [1.807, 2.05) is 32.9 Å². The molecule has 3 aromatic rings. The summed E-state index contributed by atoms with van der Waals surface area (Å²) in [6, 6.07) is 7.03. The normalized spacial score (nSPS) is 12.5. The van der Waals surface area contributed by atoms with E-state index in [4.69, 9.17) is 4.52 Å². The molecular formula is C20H22N2O4. The van der Waals surface area contributed by atoms with Crippen LogP contribution >= 0.6 is 0 Å². The Balaban J connectivity index is 1.86. The van der Waals surface area contributed by atoms with E-state index in [-0.39, 0.29) is 34.5 Å². The summed E-state index contributed by atoms with van der Waals surface area (Å²) in [4.78, 5) is 15.9. The molecule has 0 spiro atoms. The number of nitrogens with zero attached hydrogens (tertiary/aromatic N) is 1. The molecule has 0 saturated carbocycles. The van der Waals surface area contributed by atoms with Crippen molar-refractivity contribution in [1.29, 1.82) is 0 Å². The molecular weight excluding hydrogens is 332 g/mol. The number of H-pyrrole nitrogens is 1. The number of pyridine rings is 1. The fraction of sp³-hybridized carbons (Fsp3) is 0.300. The van der Waals surface area contributed by atoms with Crippen LogP contribution in [-0.2, 0) is 6.42 Å². The zero-order chi connectivity index (χ0) is 18.8. The van der Waals surface area contributed by atoms with Crippen molar-refractivity contribution >= 4 is 0 Å². The van der Waals surface area contributed by atoms with Crippen molar-refractivity contribution in [2.75, 3.05) is 0 Å². The van der Waals surface area contributed by atoms with Crippen molar-refractivity contribution in [3.05, 3.63) is 63.9 Å². The monoisotopic (exact) mass is 354 g/mol. The molecule has 0 aliphatic carbocycles. The summed E-state index contributed by atoms with van der Waals surface area (Å²) < 4.78 is 4.77. The van der Waals surface area contributed by atoms with E-state index in [9.17, 15) is 15.0 Å². The maximum absolute atomic E-state index is 11.7. The maximum Gasteiger partial charge on any atom is 0.287 e. The average molecular weight is 354 g/mol. The van der Waals surface area contributed by atoms with Crippen LogP contribution in [0.1, 0.15) is 49.4 Å². The van der Waals surface area contributed by atoms with Gasteiger partial charge in [-0.1, -0.05) is 32.9 Å². The molecule has 0 radical (unpaired) electrons. The van der Waals surface area contributed by atoms with Gasteiger partial charge in [-0.25, -0.2) is 0 Å². The molecule has 136 valence electrons. The van der Waals surface area contributed by atoms with E-state index >= 15 is 0 Å². The number of hydrogen-bond acceptors (Lipinski definition) is 5. The van der Waals surface area contributed by atoms with Gasteiger partial charge in [0.25, 0.3) is 5.56 Å². The Labute approximate surface area is 151 Å². The Morgan fingerprint density at radius 2 is 1.92 bits per heavy atom. The third-order valence-electron chi connectivity index (χ3n) is 4.56. The van der Waals surface area contributed by atoms with Crippen LogP contribution in [0, 0.1) is 0 Å². The summed E-state index contributed by atoms with van der Waals surface area (Å²) in [6.45, 7) is 6.00. The van der Waals surface area contributed by atoms with Crippen LogP contribution in [0.5, 0.6) is 11.5 Å². The van der Waals surface area contributed by atoms with Gasteiger partial charge in [-0.15, -0.1) is 0 Å². The van der Waals surface area contributed by atoms with Crippen LogP contribution < -0.4 is 5.56 Å². The van der Waals surface area contributed by atoms with Gasteiger partial charge >= 0.3 is 0 Å². The highest BCUT2D eigenvalue weighted by Gasteiger charge is 2.17. The first-order valence-electron chi connectivity index (χ1n) is 8.54. The van der Waals surface area contributed by atoms with E-state index < -0.39 is 0 Å². The largest absolute Gasteiger partial charge is 0.507 e. The molecule has 3 rings (SSSR count). The molecule has 26 heavy (non-hydrogen) atoms. The SMILES string of the molecule is CC(C)c1nccc(C[C@H](C)c2ccc(-c3co[nH]c3=O)c(O)c2)c1O. The van der Waals surface area contributed by atoms with Crippen LogP contribution in [0.3, 0.4) is 0 Å². The van der Waals surface area contributed by atoms with Gasteiger partial charge < -0.3 is 14.7 Å². The van der Waals surface area contributed by atoms with Gasteiger partial charge in [0, 0.05) is 11.8 Å². The van der Waals surface area contributed by atoms with Gasteiger partial charge in [-0.2, -0.15) is 5.16 Å². The van der Waals surface area contributed by atoms with Gasteiger partial charge in [0.15, 0.2) is 0 Å². The van der Waals surface area contributed by atoms with Crippen molar-refractivity contribution in [3.8, 4) is 22.6 Å². The first-order chi connectivity index (χ1) is 12.4. The molecule has 6 nitrogen and oxygen atoms in total. The van der Waals surface area contributed by atoms with E-state index in [0.717, 1.165) is 11.1 Å². The molecule has 1 aromatic carbocycles. The Morgan fingerprint density at radius 3 is 2.54 bits per heavy atom. The number of phenols is 1. The maximum atomic E-state index is 11.7. The number of benzene rings is 1. The second kappa shape index (κ2) is 7.07. The van der Waals surface area contributed by atoms with E-state index in [0.29, 0.717) is 17.7 Å². The lowest BCUT2D eigenvalue weighted by Gasteiger charge is -2.16. The number of aromatic hydroxyl groups is 2. The second-order valence-electron chi connectivity index (χ2n) is 6.82. The molecule has 0 saturated heterocycles. The van der Waals surface area contributed by atoms with Crippen LogP contribution in [0.15, 0.2) is 46.0 Å². The minimum atomic E-state index is -0.385. The minimum absolute atomic E-state index is 0.0167. The molecule has 0 bridgehead atoms. The summed E-state index contributed by atoms with van der Waals surface area (Å²) in [5.74, 6) is 0.454. The molecule has 1 atom stereocenters. The zero-order valence-corrected chi connectivity index (χ0v) is 15.0. The van der Waals surface area contributed by atoms with Crippen LogP contribution in [0.2, 0.25) is 0 Å². The minimum Gasteiger partial charge on any atom is -0.507 e. The number of nitrogens with one attached hydrogen (secondary N) is 1. The predicted octanol–water partition coefficient (Wildman–Crippen LogP) is 3.91. The molecule has 0 unspecified atom stereocenters. The van der Waals surface area contributed by atoms with Crippen molar-refractivity contribution in [3.63, 3.8) is 0 Å². The topological polar surface area (TPSA) is 99.4 Å². The first kappa shape index (κ1) is 17.8. The van der Waals surface area contributed by atoms with Crippen molar-refractivity contribution in [1.82, 2.24) is 10.1 Å². The molecule has 0 amide bonds. The summed E-state index contributed by atoms with van der Waals surface area (Å²) in [7, 11) is 0. The van der Waals surface area contributed by atoms with Gasteiger partial charge in [0.2, 0.25) is 0 Å². The van der Waals surface area contributed by atoms with Crippen molar-refractivity contribution in [2.45, 2.75) is 39.0 Å². The Kier molecular flexibility index (Phi) is 4.84. The quantitative estimate of drug-likeness (QED) is 0.645. The third-order valence-corrected chi connectivity index (χ3v) is 4.56. The van der Waals surface area contributed by atoms with E-state index in [1.165, 1.54) is 6.26 Å². The zero-order valence-electron chi connectivity index (χ0n) is 15.0. The smallest absolute Gasteiger partial charge is 0.287 e. The fourth-order valence-electron chi connectivity index (χ4n) is 3.07. The first-order valence-corrected chi connectivity index (χ1v) is 8.54. The predicted molar refractivity (Wildman–Crippen MR) is 98.5 cm³/mol. The molecule has 2 heterocycles. The van der Waals surface area contributed by atoms with Gasteiger partial charge in [0.05, 0.1) is 11.3 Å². The van der Waals surface area contributed by atoms with Crippen molar-refractivity contribution < 1.29 is 14.7 Å². The average Bonchev–Trinajstić information content (AvgIpc) is 3.02. The molecule has 0 fully saturated rings. The number of aromatic amines is 1. The Morgan fingerprint density at radius 1 is 1.15 bits per heavy atom. The van der Waals surface area contributed by atoms with Crippen LogP contribution in [-0.4, -0.2) is 20.4 Å². The lowest BCUT2D eigenvalue weighted by atomic mass is 9.91. The Bertz CT molecular complexity index is 972. The fourth-order valence-corrected chi connectivity index (χ4v) is 3.07. The van der Waals surface area contributed by atoms with Gasteiger partial charge in [0.1, 0.15) is 17.8 Å². The van der Waals surface area contributed by atoms with Crippen LogP contribution in [0.25, 0.3) is 11.1 Å². The second-order valence-corrected chi connectivity index (χ2v) is 6.82. The summed E-state index contributed by atoms with van der Waals surface area (Å²) in [5.41, 5.74) is 2.75. The highest BCUT2D eigenvalue weighted by molar-refractivity contribution is 5.69. The molecule has 0 aliphatic rings. The summed E-state index contributed by atoms with van der Waals surface area (Å²) >= 11 is 0. The number of hydrogen-bond donors (Lipinski definition) is 3. The highest BCUT2D eigenvalue weighted by Crippen LogP contribution is 2.34. The molecule has 3 N–H and O–H groups in total. The van der Waals surface area contributed by atoms with E-state index in [2.05, 4.69) is 10.1 Å². The summed E-state index contributed by atoms with van der Waals surface area (Å²) in [5, 5.41) is 23.0. The lowest BCUT2D eigenvalue weighted by Crippen LogP contribution is -2.03. The van der Waals surface area contributed by atoms with E-state index in [1.54, 1.807) is 18.3 Å². The van der Waals surface area contributed by atoms with Gasteiger partial charge in [-0.05, 0) is 41.5 Å². The van der Waals surface area contributed by atoms with Crippen molar-refractivity contribution in [2.24, 2.45) is 0 Å².